The van der Waals surface area contributed by atoms with Crippen LogP contribution in [0.2, 0.25) is 0 Å². The second-order valence-electron chi connectivity index (χ2n) is 8.20. The van der Waals surface area contributed by atoms with Gasteiger partial charge in [0.2, 0.25) is 11.3 Å². The van der Waals surface area contributed by atoms with Crippen LogP contribution in [0, 0.1) is 5.41 Å². The van der Waals surface area contributed by atoms with Crippen molar-refractivity contribution in [1.82, 2.24) is 4.72 Å². The monoisotopic (exact) mass is 504 g/mol. The zero-order valence-corrected chi connectivity index (χ0v) is 19.9. The van der Waals surface area contributed by atoms with Gasteiger partial charge in [-0.3, -0.25) is 19.7 Å². The SMILES string of the molecule is CCCC(Cc1ccc(OCC2CN(c3ccc(C(=N)N)cc3)C(=O)O2)cc1)(NS(=O)O)C(=O)O. The molecule has 12 heteroatoms. The first kappa shape index (κ1) is 26.1. The number of amides is 1. The smallest absolute Gasteiger partial charge is 0.414 e. The van der Waals surface area contributed by atoms with E-state index in [-0.39, 0.29) is 25.3 Å². The molecule has 35 heavy (non-hydrogen) atoms. The number of hydrogen-bond donors (Lipinski definition) is 5. The Morgan fingerprint density at radius 3 is 2.49 bits per heavy atom. The second-order valence-corrected chi connectivity index (χ2v) is 8.90. The highest BCUT2D eigenvalue weighted by atomic mass is 32.2. The number of carbonyl (C=O) groups is 2. The van der Waals surface area contributed by atoms with Gasteiger partial charge >= 0.3 is 12.1 Å². The highest BCUT2D eigenvalue weighted by Gasteiger charge is 2.39. The molecule has 0 saturated carbocycles. The summed E-state index contributed by atoms with van der Waals surface area (Å²) >= 11 is -2.48. The molecule has 1 aliphatic heterocycles. The van der Waals surface area contributed by atoms with Crippen LogP contribution in [-0.4, -0.2) is 56.6 Å². The summed E-state index contributed by atoms with van der Waals surface area (Å²) in [6.45, 7) is 2.21. The van der Waals surface area contributed by atoms with Crippen molar-refractivity contribution in [3.05, 3.63) is 59.7 Å². The lowest BCUT2D eigenvalue weighted by atomic mass is 9.87. The first-order chi connectivity index (χ1) is 16.6. The number of ether oxygens (including phenoxy) is 2. The van der Waals surface area contributed by atoms with Crippen LogP contribution >= 0.6 is 0 Å². The van der Waals surface area contributed by atoms with Crippen LogP contribution in [0.15, 0.2) is 48.5 Å². The summed E-state index contributed by atoms with van der Waals surface area (Å²) in [5, 5.41) is 17.1. The number of carboxylic acid groups (broad SMARTS) is 1. The largest absolute Gasteiger partial charge is 0.490 e. The molecule has 0 aliphatic carbocycles. The number of rotatable bonds is 12. The molecule has 1 aliphatic rings. The Morgan fingerprint density at radius 2 is 1.94 bits per heavy atom. The molecule has 0 spiro atoms. The van der Waals surface area contributed by atoms with Crippen LogP contribution in [0.5, 0.6) is 5.75 Å². The highest BCUT2D eigenvalue weighted by molar-refractivity contribution is 7.77. The van der Waals surface area contributed by atoms with Gasteiger partial charge in [0.1, 0.15) is 23.7 Å². The van der Waals surface area contributed by atoms with Gasteiger partial charge in [0, 0.05) is 17.7 Å². The summed E-state index contributed by atoms with van der Waals surface area (Å²) in [7, 11) is 0. The maximum atomic E-state index is 12.3. The Hall–Kier alpha value is -3.48. The van der Waals surface area contributed by atoms with Gasteiger partial charge in [-0.05, 0) is 48.4 Å². The third kappa shape index (κ3) is 6.56. The van der Waals surface area contributed by atoms with Crippen LogP contribution in [0.4, 0.5) is 10.5 Å². The third-order valence-corrected chi connectivity index (χ3v) is 6.16. The van der Waals surface area contributed by atoms with E-state index in [0.717, 1.165) is 0 Å². The quantitative estimate of drug-likeness (QED) is 0.166. The molecule has 1 amide bonds. The summed E-state index contributed by atoms with van der Waals surface area (Å²) in [4.78, 5) is 25.6. The van der Waals surface area contributed by atoms with E-state index in [0.29, 0.717) is 35.5 Å². The van der Waals surface area contributed by atoms with E-state index in [1.54, 1.807) is 55.5 Å². The number of aliphatic carboxylic acids is 1. The van der Waals surface area contributed by atoms with Crippen LogP contribution in [-0.2, 0) is 27.2 Å². The summed E-state index contributed by atoms with van der Waals surface area (Å²) < 4.78 is 33.9. The number of cyclic esters (lactones) is 1. The average molecular weight is 505 g/mol. The highest BCUT2D eigenvalue weighted by Crippen LogP contribution is 2.25. The average Bonchev–Trinajstić information content (AvgIpc) is 3.18. The molecule has 3 atom stereocenters. The predicted octanol–water partition coefficient (Wildman–Crippen LogP) is 2.27. The van der Waals surface area contributed by atoms with E-state index in [2.05, 4.69) is 4.72 Å². The second kappa shape index (κ2) is 11.3. The molecular formula is C23H28N4O7S. The molecule has 2 aromatic carbocycles. The van der Waals surface area contributed by atoms with Crippen molar-refractivity contribution < 1.29 is 32.9 Å². The number of nitrogen functional groups attached to an aromatic ring is 1. The standard InChI is InChI=1S/C23H28N4O7S/c1-2-11-23(21(28)29,26-35(31)32)12-15-3-9-18(10-4-15)33-14-19-13-27(22(30)34-19)17-7-5-16(6-8-17)20(24)25/h3-10,19,26H,2,11-14H2,1H3,(H3,24,25)(H,28,29)(H,31,32). The van der Waals surface area contributed by atoms with E-state index in [9.17, 15) is 23.5 Å². The Labute approximate surface area is 205 Å². The lowest BCUT2D eigenvalue weighted by Gasteiger charge is -2.28. The number of hydrogen-bond acceptors (Lipinski definition) is 6. The molecule has 6 N–H and O–H groups in total. The maximum absolute atomic E-state index is 12.3. The number of amidine groups is 1. The molecule has 0 bridgehead atoms. The molecule has 1 heterocycles. The van der Waals surface area contributed by atoms with Gasteiger partial charge in [-0.25, -0.2) is 9.00 Å². The van der Waals surface area contributed by atoms with Crippen LogP contribution in [0.1, 0.15) is 30.9 Å². The number of anilines is 1. The number of carbonyl (C=O) groups excluding carboxylic acids is 1. The summed E-state index contributed by atoms with van der Waals surface area (Å²) in [6, 6.07) is 13.4. The van der Waals surface area contributed by atoms with Crippen molar-refractivity contribution in [3.63, 3.8) is 0 Å². The molecule has 1 fully saturated rings. The molecule has 188 valence electrons. The van der Waals surface area contributed by atoms with Crippen molar-refractivity contribution in [2.45, 2.75) is 37.8 Å². The molecule has 0 aromatic heterocycles. The Bertz CT molecular complexity index is 1090. The van der Waals surface area contributed by atoms with Gasteiger partial charge in [-0.2, -0.15) is 4.72 Å². The number of carboxylic acids is 1. The fourth-order valence-corrected chi connectivity index (χ4v) is 4.47. The summed E-state index contributed by atoms with van der Waals surface area (Å²) in [6.07, 6.45) is -0.300. The Kier molecular flexibility index (Phi) is 8.43. The van der Waals surface area contributed by atoms with Crippen LogP contribution < -0.4 is 20.1 Å². The number of nitrogens with two attached hydrogens (primary N) is 1. The van der Waals surface area contributed by atoms with Gasteiger partial charge in [0.15, 0.2) is 6.10 Å². The minimum Gasteiger partial charge on any atom is -0.490 e. The predicted molar refractivity (Wildman–Crippen MR) is 130 cm³/mol. The van der Waals surface area contributed by atoms with Crippen molar-refractivity contribution in [2.24, 2.45) is 5.73 Å². The van der Waals surface area contributed by atoms with Crippen molar-refractivity contribution in [3.8, 4) is 5.75 Å². The zero-order valence-electron chi connectivity index (χ0n) is 19.1. The van der Waals surface area contributed by atoms with Gasteiger partial charge in [-0.15, -0.1) is 0 Å². The van der Waals surface area contributed by atoms with Crippen molar-refractivity contribution in [2.75, 3.05) is 18.1 Å². The first-order valence-corrected chi connectivity index (χ1v) is 12.0. The normalized spacial score (nSPS) is 17.9. The molecule has 3 unspecified atom stereocenters. The molecule has 1 saturated heterocycles. The lowest BCUT2D eigenvalue weighted by Crippen LogP contribution is -2.54. The molecule has 11 nitrogen and oxygen atoms in total. The van der Waals surface area contributed by atoms with E-state index in [4.69, 9.17) is 20.6 Å². The Balaban J connectivity index is 1.59. The van der Waals surface area contributed by atoms with Gasteiger partial charge in [-0.1, -0.05) is 25.5 Å². The minimum atomic E-state index is -2.48. The van der Waals surface area contributed by atoms with E-state index >= 15 is 0 Å². The summed E-state index contributed by atoms with van der Waals surface area (Å²) in [5.41, 5.74) is 5.72. The van der Waals surface area contributed by atoms with E-state index in [1.807, 2.05) is 0 Å². The van der Waals surface area contributed by atoms with E-state index in [1.165, 1.54) is 4.90 Å². The fourth-order valence-electron chi connectivity index (χ4n) is 3.88. The van der Waals surface area contributed by atoms with Gasteiger partial charge < -0.3 is 20.3 Å². The lowest BCUT2D eigenvalue weighted by molar-refractivity contribution is -0.144. The first-order valence-electron chi connectivity index (χ1n) is 10.9. The van der Waals surface area contributed by atoms with Gasteiger partial charge in [0.05, 0.1) is 6.54 Å². The maximum Gasteiger partial charge on any atom is 0.414 e. The number of benzene rings is 2. The topological polar surface area (TPSA) is 175 Å². The number of nitrogens with zero attached hydrogens (tertiary/aromatic N) is 1. The van der Waals surface area contributed by atoms with Crippen molar-refractivity contribution >= 4 is 34.9 Å². The van der Waals surface area contributed by atoms with Gasteiger partial charge in [0.25, 0.3) is 0 Å². The fraction of sp³-hybridized carbons (Fsp3) is 0.348. The van der Waals surface area contributed by atoms with E-state index < -0.39 is 35.0 Å². The third-order valence-electron chi connectivity index (χ3n) is 5.60. The molecule has 0 radical (unpaired) electrons. The van der Waals surface area contributed by atoms with Crippen LogP contribution in [0.3, 0.4) is 0 Å². The summed E-state index contributed by atoms with van der Waals surface area (Å²) in [5.74, 6) is -0.758. The zero-order chi connectivity index (χ0) is 25.6. The van der Waals surface area contributed by atoms with Crippen LogP contribution in [0.25, 0.3) is 0 Å². The molecular weight excluding hydrogens is 476 g/mol. The minimum absolute atomic E-state index is 0.0143. The Morgan fingerprint density at radius 1 is 1.29 bits per heavy atom. The molecule has 2 aromatic rings. The molecule has 3 rings (SSSR count). The van der Waals surface area contributed by atoms with Crippen molar-refractivity contribution in [1.29, 1.82) is 5.41 Å². The number of nitrogens with one attached hydrogen (secondary N) is 2.